The van der Waals surface area contributed by atoms with Crippen LogP contribution in [0, 0.1) is 5.92 Å². The van der Waals surface area contributed by atoms with Crippen LogP contribution in [-0.2, 0) is 0 Å². The van der Waals surface area contributed by atoms with Crippen LogP contribution in [0.2, 0.25) is 0 Å². The van der Waals surface area contributed by atoms with Crippen molar-refractivity contribution in [3.05, 3.63) is 0 Å². The van der Waals surface area contributed by atoms with Crippen LogP contribution >= 0.6 is 0 Å². The summed E-state index contributed by atoms with van der Waals surface area (Å²) in [4.78, 5) is 5.66. The van der Waals surface area contributed by atoms with E-state index in [2.05, 4.69) is 22.5 Å². The molecule has 0 spiro atoms. The van der Waals surface area contributed by atoms with Crippen molar-refractivity contribution >= 4 is 5.96 Å². The highest BCUT2D eigenvalue weighted by Gasteiger charge is 2.33. The highest BCUT2D eigenvalue weighted by Crippen LogP contribution is 2.28. The molecular weight excluding hydrogens is 269 g/mol. The van der Waals surface area contributed by atoms with Crippen LogP contribution in [0.3, 0.4) is 0 Å². The smallest absolute Gasteiger partial charge is 0.357 e. The molecule has 2 atom stereocenters. The number of alkyl halides is 3. The molecule has 4 nitrogen and oxygen atoms in total. The molecule has 20 heavy (non-hydrogen) atoms. The fourth-order valence-corrected chi connectivity index (χ4v) is 1.94. The van der Waals surface area contributed by atoms with Gasteiger partial charge in [0.1, 0.15) is 0 Å². The number of hydrogen-bond acceptors (Lipinski definition) is 2. The molecule has 118 valence electrons. The number of halogens is 3. The second-order valence-corrected chi connectivity index (χ2v) is 5.43. The lowest BCUT2D eigenvalue weighted by Gasteiger charge is -2.18. The van der Waals surface area contributed by atoms with Crippen molar-refractivity contribution < 1.29 is 13.2 Å². The van der Waals surface area contributed by atoms with Gasteiger partial charge in [0.2, 0.25) is 0 Å². The zero-order valence-electron chi connectivity index (χ0n) is 12.4. The molecule has 1 fully saturated rings. The SMILES string of the molecule is CCNC(=NCCCN(C)CC(F)(F)F)NC1CC1C. The van der Waals surface area contributed by atoms with Crippen molar-refractivity contribution in [2.45, 2.75) is 38.9 Å². The number of nitrogens with zero attached hydrogens (tertiary/aromatic N) is 2. The molecule has 0 aliphatic heterocycles. The van der Waals surface area contributed by atoms with Crippen LogP contribution in [-0.4, -0.2) is 56.3 Å². The Morgan fingerprint density at radius 3 is 2.55 bits per heavy atom. The minimum absolute atomic E-state index is 0.391. The van der Waals surface area contributed by atoms with Gasteiger partial charge in [-0.25, -0.2) is 0 Å². The van der Waals surface area contributed by atoms with Crippen molar-refractivity contribution in [2.75, 3.05) is 33.2 Å². The van der Waals surface area contributed by atoms with Crippen LogP contribution in [0.4, 0.5) is 13.2 Å². The van der Waals surface area contributed by atoms with E-state index in [4.69, 9.17) is 0 Å². The van der Waals surface area contributed by atoms with Gasteiger partial charge in [-0.05, 0) is 39.3 Å². The first-order valence-corrected chi connectivity index (χ1v) is 7.12. The number of rotatable bonds is 7. The van der Waals surface area contributed by atoms with Crippen molar-refractivity contribution in [1.29, 1.82) is 0 Å². The van der Waals surface area contributed by atoms with Gasteiger partial charge in [-0.3, -0.25) is 9.89 Å². The maximum atomic E-state index is 12.1. The summed E-state index contributed by atoms with van der Waals surface area (Å²) < 4.78 is 36.4. The molecule has 1 rings (SSSR count). The van der Waals surface area contributed by atoms with Crippen LogP contribution in [0.5, 0.6) is 0 Å². The second-order valence-electron chi connectivity index (χ2n) is 5.43. The molecule has 1 aliphatic rings. The minimum Gasteiger partial charge on any atom is -0.357 e. The number of aliphatic imine (C=N–C) groups is 1. The van der Waals surface area contributed by atoms with Crippen molar-refractivity contribution in [2.24, 2.45) is 10.9 Å². The lowest BCUT2D eigenvalue weighted by molar-refractivity contribution is -0.143. The van der Waals surface area contributed by atoms with E-state index in [0.29, 0.717) is 31.5 Å². The van der Waals surface area contributed by atoms with Gasteiger partial charge >= 0.3 is 6.18 Å². The number of hydrogen-bond donors (Lipinski definition) is 2. The Balaban J connectivity index is 2.22. The van der Waals surface area contributed by atoms with Gasteiger partial charge < -0.3 is 10.6 Å². The zero-order valence-corrected chi connectivity index (χ0v) is 12.4. The predicted octanol–water partition coefficient (Wildman–Crippen LogP) is 1.83. The molecule has 0 aromatic heterocycles. The minimum atomic E-state index is -4.13. The summed E-state index contributed by atoms with van der Waals surface area (Å²) >= 11 is 0. The molecule has 0 aromatic carbocycles. The Morgan fingerprint density at radius 2 is 2.05 bits per heavy atom. The standard InChI is InChI=1S/C13H25F3N4/c1-4-17-12(19-11-8-10(11)2)18-6-5-7-20(3)9-13(14,15)16/h10-11H,4-9H2,1-3H3,(H2,17,18,19). The topological polar surface area (TPSA) is 39.7 Å². The maximum Gasteiger partial charge on any atom is 0.401 e. The second kappa shape index (κ2) is 7.71. The molecule has 0 aromatic rings. The summed E-state index contributed by atoms with van der Waals surface area (Å²) in [7, 11) is 1.48. The van der Waals surface area contributed by atoms with Crippen molar-refractivity contribution in [3.63, 3.8) is 0 Å². The Labute approximate surface area is 118 Å². The first kappa shape index (κ1) is 17.1. The Morgan fingerprint density at radius 1 is 1.40 bits per heavy atom. The Kier molecular flexibility index (Phi) is 6.58. The summed E-state index contributed by atoms with van der Waals surface area (Å²) in [6.07, 6.45) is -2.36. The monoisotopic (exact) mass is 294 g/mol. The van der Waals surface area contributed by atoms with E-state index in [1.165, 1.54) is 11.9 Å². The third kappa shape index (κ3) is 7.57. The molecule has 2 unspecified atom stereocenters. The van der Waals surface area contributed by atoms with Gasteiger partial charge in [0, 0.05) is 19.1 Å². The summed E-state index contributed by atoms with van der Waals surface area (Å²) in [5.74, 6) is 1.44. The molecule has 0 heterocycles. The van der Waals surface area contributed by atoms with Gasteiger partial charge in [-0.2, -0.15) is 13.2 Å². The largest absolute Gasteiger partial charge is 0.401 e. The summed E-state index contributed by atoms with van der Waals surface area (Å²) in [6.45, 7) is 4.99. The molecule has 1 saturated carbocycles. The van der Waals surface area contributed by atoms with E-state index in [0.717, 1.165) is 18.9 Å². The molecule has 0 saturated heterocycles. The molecule has 0 amide bonds. The van der Waals surface area contributed by atoms with Gasteiger partial charge in [0.15, 0.2) is 5.96 Å². The van der Waals surface area contributed by atoms with E-state index in [1.54, 1.807) is 0 Å². The van der Waals surface area contributed by atoms with Gasteiger partial charge in [-0.1, -0.05) is 6.92 Å². The molecule has 2 N–H and O–H groups in total. The Bertz CT molecular complexity index is 317. The average Bonchev–Trinajstić information content (AvgIpc) is 2.98. The molecule has 0 radical (unpaired) electrons. The van der Waals surface area contributed by atoms with Gasteiger partial charge in [-0.15, -0.1) is 0 Å². The fraction of sp³-hybridized carbons (Fsp3) is 0.923. The first-order chi connectivity index (χ1) is 9.31. The molecule has 7 heteroatoms. The Hall–Kier alpha value is -0.980. The highest BCUT2D eigenvalue weighted by atomic mass is 19.4. The van der Waals surface area contributed by atoms with Crippen LogP contribution in [0.25, 0.3) is 0 Å². The molecular formula is C13H25F3N4. The van der Waals surface area contributed by atoms with Gasteiger partial charge in [0.25, 0.3) is 0 Å². The lowest BCUT2D eigenvalue weighted by atomic mass is 10.4. The quantitative estimate of drug-likeness (QED) is 0.427. The predicted molar refractivity (Wildman–Crippen MR) is 74.9 cm³/mol. The van der Waals surface area contributed by atoms with Crippen molar-refractivity contribution in [1.82, 2.24) is 15.5 Å². The zero-order chi connectivity index (χ0) is 15.2. The maximum absolute atomic E-state index is 12.1. The third-order valence-corrected chi connectivity index (χ3v) is 3.19. The van der Waals surface area contributed by atoms with E-state index >= 15 is 0 Å². The number of guanidine groups is 1. The van der Waals surface area contributed by atoms with E-state index in [9.17, 15) is 13.2 Å². The fourth-order valence-electron chi connectivity index (χ4n) is 1.94. The summed E-state index contributed by atoms with van der Waals surface area (Å²) in [6, 6.07) is 0.487. The van der Waals surface area contributed by atoms with E-state index in [1.807, 2.05) is 6.92 Å². The molecule has 0 bridgehead atoms. The van der Waals surface area contributed by atoms with Gasteiger partial charge in [0.05, 0.1) is 6.54 Å². The van der Waals surface area contributed by atoms with Crippen LogP contribution < -0.4 is 10.6 Å². The third-order valence-electron chi connectivity index (χ3n) is 3.19. The summed E-state index contributed by atoms with van der Waals surface area (Å²) in [5, 5.41) is 6.46. The summed E-state index contributed by atoms with van der Waals surface area (Å²) in [5.41, 5.74) is 0. The lowest BCUT2D eigenvalue weighted by Crippen LogP contribution is -2.39. The molecule has 1 aliphatic carbocycles. The average molecular weight is 294 g/mol. The van der Waals surface area contributed by atoms with Crippen LogP contribution in [0.15, 0.2) is 4.99 Å². The normalized spacial score (nSPS) is 23.1. The van der Waals surface area contributed by atoms with Crippen molar-refractivity contribution in [3.8, 4) is 0 Å². The highest BCUT2D eigenvalue weighted by molar-refractivity contribution is 5.80. The van der Waals surface area contributed by atoms with Crippen LogP contribution in [0.1, 0.15) is 26.7 Å². The van der Waals surface area contributed by atoms with E-state index in [-0.39, 0.29) is 0 Å². The first-order valence-electron chi connectivity index (χ1n) is 7.12. The van der Waals surface area contributed by atoms with E-state index < -0.39 is 12.7 Å². The number of nitrogens with one attached hydrogen (secondary N) is 2.